The second-order valence-electron chi connectivity index (χ2n) is 2.52. The number of likely N-dealkylation sites (N-methyl/N-ethyl adjacent to an activating group) is 1. The molecular weight excluding hydrogens is 172 g/mol. The summed E-state index contributed by atoms with van der Waals surface area (Å²) >= 11 is 0. The van der Waals surface area contributed by atoms with E-state index in [1.165, 1.54) is 7.11 Å². The molecule has 0 spiro atoms. The van der Waals surface area contributed by atoms with Crippen molar-refractivity contribution in [3.63, 3.8) is 0 Å². The van der Waals surface area contributed by atoms with Gasteiger partial charge in [-0.15, -0.1) is 0 Å². The summed E-state index contributed by atoms with van der Waals surface area (Å²) < 4.78 is 4.52. The molecule has 0 bridgehead atoms. The van der Waals surface area contributed by atoms with Gasteiger partial charge in [0, 0.05) is 13.1 Å². The Labute approximate surface area is 78.0 Å². The van der Waals surface area contributed by atoms with E-state index in [4.69, 9.17) is 0 Å². The van der Waals surface area contributed by atoms with Crippen LogP contribution >= 0.6 is 0 Å². The van der Waals surface area contributed by atoms with Crippen molar-refractivity contribution in [3.8, 4) is 0 Å². The van der Waals surface area contributed by atoms with Gasteiger partial charge < -0.3 is 10.1 Å². The SMILES string of the molecule is CCN(CCNC=O)CC(=O)OC. The first kappa shape index (κ1) is 11.9. The summed E-state index contributed by atoms with van der Waals surface area (Å²) in [5.74, 6) is -0.257. The molecule has 0 aliphatic rings. The van der Waals surface area contributed by atoms with Gasteiger partial charge >= 0.3 is 5.97 Å². The van der Waals surface area contributed by atoms with Gasteiger partial charge in [-0.25, -0.2) is 0 Å². The van der Waals surface area contributed by atoms with Crippen LogP contribution in [0.15, 0.2) is 0 Å². The van der Waals surface area contributed by atoms with Gasteiger partial charge in [-0.3, -0.25) is 14.5 Å². The molecule has 76 valence electrons. The fourth-order valence-corrected chi connectivity index (χ4v) is 0.878. The summed E-state index contributed by atoms with van der Waals surface area (Å²) in [4.78, 5) is 22.7. The van der Waals surface area contributed by atoms with Crippen LogP contribution in [0.4, 0.5) is 0 Å². The van der Waals surface area contributed by atoms with Crippen molar-refractivity contribution in [2.24, 2.45) is 0 Å². The Bertz CT molecular complexity index is 161. The molecule has 0 aliphatic carbocycles. The number of esters is 1. The first-order valence-corrected chi connectivity index (χ1v) is 4.20. The van der Waals surface area contributed by atoms with Gasteiger partial charge in [-0.2, -0.15) is 0 Å². The molecule has 5 heteroatoms. The van der Waals surface area contributed by atoms with Crippen molar-refractivity contribution in [1.29, 1.82) is 0 Å². The van der Waals surface area contributed by atoms with E-state index >= 15 is 0 Å². The van der Waals surface area contributed by atoms with E-state index in [1.807, 2.05) is 11.8 Å². The molecule has 0 aromatic carbocycles. The first-order chi connectivity index (χ1) is 6.24. The fourth-order valence-electron chi connectivity index (χ4n) is 0.878. The molecule has 5 nitrogen and oxygen atoms in total. The largest absolute Gasteiger partial charge is 0.468 e. The van der Waals surface area contributed by atoms with E-state index in [2.05, 4.69) is 10.1 Å². The van der Waals surface area contributed by atoms with E-state index in [-0.39, 0.29) is 12.5 Å². The van der Waals surface area contributed by atoms with Crippen LogP contribution in [0.1, 0.15) is 6.92 Å². The predicted molar refractivity (Wildman–Crippen MR) is 48.2 cm³/mol. The summed E-state index contributed by atoms with van der Waals surface area (Å²) in [5, 5.41) is 2.53. The van der Waals surface area contributed by atoms with Crippen molar-refractivity contribution in [3.05, 3.63) is 0 Å². The van der Waals surface area contributed by atoms with Crippen molar-refractivity contribution in [2.45, 2.75) is 6.92 Å². The molecule has 0 fully saturated rings. The third-order valence-electron chi connectivity index (χ3n) is 1.68. The Hall–Kier alpha value is -1.10. The monoisotopic (exact) mass is 188 g/mol. The Kier molecular flexibility index (Phi) is 6.91. The average molecular weight is 188 g/mol. The lowest BCUT2D eigenvalue weighted by atomic mass is 10.4. The van der Waals surface area contributed by atoms with Crippen LogP contribution in [0.2, 0.25) is 0 Å². The highest BCUT2D eigenvalue weighted by Gasteiger charge is 2.07. The summed E-state index contributed by atoms with van der Waals surface area (Å²) in [6.07, 6.45) is 0.645. The highest BCUT2D eigenvalue weighted by atomic mass is 16.5. The van der Waals surface area contributed by atoms with E-state index in [0.29, 0.717) is 19.5 Å². The summed E-state index contributed by atoms with van der Waals surface area (Å²) in [7, 11) is 1.36. The van der Waals surface area contributed by atoms with Crippen molar-refractivity contribution in [1.82, 2.24) is 10.2 Å². The molecule has 0 unspecified atom stereocenters. The number of nitrogens with one attached hydrogen (secondary N) is 1. The highest BCUT2D eigenvalue weighted by Crippen LogP contribution is 1.87. The van der Waals surface area contributed by atoms with Crippen LogP contribution in [0, 0.1) is 0 Å². The molecule has 0 aromatic rings. The fraction of sp³-hybridized carbons (Fsp3) is 0.750. The molecule has 0 aliphatic heterocycles. The van der Waals surface area contributed by atoms with Crippen LogP contribution in [0.3, 0.4) is 0 Å². The van der Waals surface area contributed by atoms with E-state index < -0.39 is 0 Å². The first-order valence-electron chi connectivity index (χ1n) is 4.20. The number of methoxy groups -OCH3 is 1. The standard InChI is InChI=1S/C8H16N2O3/c1-3-10(5-4-9-7-11)6-8(12)13-2/h7H,3-6H2,1-2H3,(H,9,11). The Morgan fingerprint density at radius 3 is 2.77 bits per heavy atom. The van der Waals surface area contributed by atoms with Crippen LogP contribution in [-0.4, -0.2) is 50.6 Å². The molecule has 1 amide bonds. The highest BCUT2D eigenvalue weighted by molar-refractivity contribution is 5.71. The Balaban J connectivity index is 3.62. The molecule has 0 atom stereocenters. The number of nitrogens with zero attached hydrogens (tertiary/aromatic N) is 1. The molecule has 13 heavy (non-hydrogen) atoms. The molecular formula is C8H16N2O3. The molecule has 0 rings (SSSR count). The maximum absolute atomic E-state index is 10.9. The van der Waals surface area contributed by atoms with Gasteiger partial charge in [0.25, 0.3) is 0 Å². The molecule has 0 saturated carbocycles. The third kappa shape index (κ3) is 6.10. The van der Waals surface area contributed by atoms with Crippen LogP contribution in [0.5, 0.6) is 0 Å². The Morgan fingerprint density at radius 1 is 1.62 bits per heavy atom. The van der Waals surface area contributed by atoms with E-state index in [9.17, 15) is 9.59 Å². The zero-order valence-electron chi connectivity index (χ0n) is 8.08. The third-order valence-corrected chi connectivity index (χ3v) is 1.68. The molecule has 0 radical (unpaired) electrons. The number of hydrogen-bond donors (Lipinski definition) is 1. The topological polar surface area (TPSA) is 58.6 Å². The minimum absolute atomic E-state index is 0.257. The minimum Gasteiger partial charge on any atom is -0.468 e. The van der Waals surface area contributed by atoms with Gasteiger partial charge in [0.05, 0.1) is 13.7 Å². The number of ether oxygens (including phenoxy) is 1. The summed E-state index contributed by atoms with van der Waals surface area (Å²) in [6, 6.07) is 0. The second kappa shape index (κ2) is 7.54. The maximum atomic E-state index is 10.9. The zero-order chi connectivity index (χ0) is 10.1. The maximum Gasteiger partial charge on any atom is 0.319 e. The van der Waals surface area contributed by atoms with Gasteiger partial charge in [0.2, 0.25) is 6.41 Å². The van der Waals surface area contributed by atoms with Crippen LogP contribution < -0.4 is 5.32 Å². The van der Waals surface area contributed by atoms with Gasteiger partial charge in [0.15, 0.2) is 0 Å². The number of hydrogen-bond acceptors (Lipinski definition) is 4. The van der Waals surface area contributed by atoms with Crippen molar-refractivity contribution < 1.29 is 14.3 Å². The number of amides is 1. The molecule has 1 N–H and O–H groups in total. The predicted octanol–water partition coefficient (Wildman–Crippen LogP) is -0.773. The zero-order valence-corrected chi connectivity index (χ0v) is 8.08. The lowest BCUT2D eigenvalue weighted by molar-refractivity contribution is -0.141. The number of carbonyl (C=O) groups is 2. The van der Waals surface area contributed by atoms with E-state index in [0.717, 1.165) is 6.54 Å². The number of rotatable bonds is 7. The lowest BCUT2D eigenvalue weighted by Gasteiger charge is -2.17. The number of carbonyl (C=O) groups excluding carboxylic acids is 2. The molecule has 0 saturated heterocycles. The smallest absolute Gasteiger partial charge is 0.319 e. The van der Waals surface area contributed by atoms with Crippen molar-refractivity contribution >= 4 is 12.4 Å². The normalized spacial score (nSPS) is 9.77. The quantitative estimate of drug-likeness (QED) is 0.324. The average Bonchev–Trinajstić information content (AvgIpc) is 2.16. The van der Waals surface area contributed by atoms with Crippen LogP contribution in [-0.2, 0) is 14.3 Å². The summed E-state index contributed by atoms with van der Waals surface area (Å²) in [5.41, 5.74) is 0. The van der Waals surface area contributed by atoms with Crippen molar-refractivity contribution in [2.75, 3.05) is 33.3 Å². The molecule has 0 heterocycles. The van der Waals surface area contributed by atoms with E-state index in [1.54, 1.807) is 0 Å². The van der Waals surface area contributed by atoms with Gasteiger partial charge in [-0.05, 0) is 6.54 Å². The van der Waals surface area contributed by atoms with Crippen LogP contribution in [0.25, 0.3) is 0 Å². The van der Waals surface area contributed by atoms with Gasteiger partial charge in [-0.1, -0.05) is 6.92 Å². The summed E-state index contributed by atoms with van der Waals surface area (Å²) in [6.45, 7) is 4.19. The second-order valence-corrected chi connectivity index (χ2v) is 2.52. The minimum atomic E-state index is -0.257. The molecule has 0 aromatic heterocycles. The lowest BCUT2D eigenvalue weighted by Crippen LogP contribution is -2.35. The van der Waals surface area contributed by atoms with Gasteiger partial charge in [0.1, 0.15) is 0 Å². The Morgan fingerprint density at radius 2 is 2.31 bits per heavy atom.